The normalized spacial score (nSPS) is 12.2. The summed E-state index contributed by atoms with van der Waals surface area (Å²) < 4.78 is 2.23. The summed E-state index contributed by atoms with van der Waals surface area (Å²) in [5, 5.41) is 12.4. The maximum atomic E-state index is 12.4. The van der Waals surface area contributed by atoms with E-state index in [0.717, 1.165) is 61.5 Å². The van der Waals surface area contributed by atoms with E-state index in [0.29, 0.717) is 11.4 Å². The van der Waals surface area contributed by atoms with E-state index in [1.807, 2.05) is 18.5 Å². The lowest BCUT2D eigenvalue weighted by Gasteiger charge is -2.28. The maximum absolute atomic E-state index is 12.4. The van der Waals surface area contributed by atoms with Crippen molar-refractivity contribution in [2.45, 2.75) is 91.9 Å². The molecule has 5 nitrogen and oxygen atoms in total. The molecule has 1 N–H and O–H groups in total. The third-order valence-corrected chi connectivity index (χ3v) is 11.7. The van der Waals surface area contributed by atoms with E-state index in [4.69, 9.17) is 15.0 Å². The van der Waals surface area contributed by atoms with Crippen LogP contribution in [0.25, 0.3) is 72.9 Å². The number of phenolic OH excluding ortho intramolecular Hbond substituents is 1. The summed E-state index contributed by atoms with van der Waals surface area (Å²) in [5.41, 5.74) is 15.8. The van der Waals surface area contributed by atoms with E-state index in [9.17, 15) is 5.11 Å². The van der Waals surface area contributed by atoms with Crippen LogP contribution in [0.4, 0.5) is 0 Å². The number of phenols is 1. The average molecular weight is 789 g/mol. The predicted octanol–water partition coefficient (Wildman–Crippen LogP) is 14.7. The fourth-order valence-electron chi connectivity index (χ4n) is 8.28. The Hall–Kier alpha value is -6.33. The Morgan fingerprint density at radius 3 is 1.73 bits per heavy atom. The minimum absolute atomic E-state index is 0.168. The molecular weight excluding hydrogens is 733 g/mol. The van der Waals surface area contributed by atoms with Crippen LogP contribution in [0.2, 0.25) is 0 Å². The molecule has 0 aliphatic carbocycles. The maximum Gasteiger partial charge on any atom is 0.165 e. The molecule has 0 bridgehead atoms. The first-order valence-corrected chi connectivity index (χ1v) is 21.2. The molecule has 302 valence electrons. The molecular formula is C55H56N4O. The Balaban J connectivity index is 1.33. The zero-order valence-corrected chi connectivity index (χ0v) is 36.7. The molecule has 0 spiro atoms. The molecule has 60 heavy (non-hydrogen) atoms. The number of para-hydroxylation sites is 1. The van der Waals surface area contributed by atoms with Gasteiger partial charge in [0.05, 0.1) is 16.9 Å². The zero-order chi connectivity index (χ0) is 42.5. The number of aromatic nitrogens is 4. The summed E-state index contributed by atoms with van der Waals surface area (Å²) in [6.45, 7) is 22.1. The molecule has 3 heterocycles. The van der Waals surface area contributed by atoms with Crippen molar-refractivity contribution in [1.29, 1.82) is 0 Å². The first kappa shape index (κ1) is 40.4. The quantitative estimate of drug-likeness (QED) is 0.167. The van der Waals surface area contributed by atoms with Crippen molar-refractivity contribution in [2.75, 3.05) is 0 Å². The van der Waals surface area contributed by atoms with Gasteiger partial charge in [-0.05, 0) is 97.5 Å². The van der Waals surface area contributed by atoms with Crippen LogP contribution in [0.15, 0.2) is 140 Å². The van der Waals surface area contributed by atoms with Gasteiger partial charge in [-0.15, -0.1) is 0 Å². The van der Waals surface area contributed by atoms with Gasteiger partial charge in [0.25, 0.3) is 0 Å². The number of nitrogens with zero attached hydrogens (tertiary/aromatic N) is 4. The van der Waals surface area contributed by atoms with Gasteiger partial charge in [-0.1, -0.05) is 166 Å². The number of hydrogen-bond acceptors (Lipinski definition) is 4. The van der Waals surface area contributed by atoms with E-state index in [1.165, 1.54) is 22.3 Å². The molecule has 0 aliphatic heterocycles. The summed E-state index contributed by atoms with van der Waals surface area (Å²) in [5.74, 6) is 1.39. The van der Waals surface area contributed by atoms with Gasteiger partial charge < -0.3 is 5.11 Å². The lowest BCUT2D eigenvalue weighted by Crippen LogP contribution is -2.17. The molecule has 0 aliphatic rings. The summed E-state index contributed by atoms with van der Waals surface area (Å²) in [4.78, 5) is 15.5. The van der Waals surface area contributed by atoms with Crippen LogP contribution in [0.1, 0.15) is 103 Å². The highest BCUT2D eigenvalue weighted by atomic mass is 16.3. The van der Waals surface area contributed by atoms with Crippen molar-refractivity contribution in [3.05, 3.63) is 162 Å². The van der Waals surface area contributed by atoms with Gasteiger partial charge in [-0.2, -0.15) is 0 Å². The molecule has 0 saturated carbocycles. The van der Waals surface area contributed by atoms with E-state index in [1.54, 1.807) is 0 Å². The minimum atomic E-state index is -0.309. The van der Waals surface area contributed by atoms with Gasteiger partial charge in [0.2, 0.25) is 0 Å². The lowest BCUT2D eigenvalue weighted by molar-refractivity contribution is 0.446. The first-order chi connectivity index (χ1) is 28.6. The molecule has 0 fully saturated rings. The Labute approximate surface area is 355 Å². The highest BCUT2D eigenvalue weighted by Crippen LogP contribution is 2.45. The number of pyridine rings is 2. The van der Waals surface area contributed by atoms with Gasteiger partial charge >= 0.3 is 0 Å². The highest BCUT2D eigenvalue weighted by molar-refractivity contribution is 5.95. The smallest absolute Gasteiger partial charge is 0.165 e. The number of benzene rings is 5. The Kier molecular flexibility index (Phi) is 10.6. The van der Waals surface area contributed by atoms with E-state index in [2.05, 4.69) is 195 Å². The Bertz CT molecular complexity index is 2810. The molecule has 5 heteroatoms. The van der Waals surface area contributed by atoms with E-state index >= 15 is 0 Å². The predicted molar refractivity (Wildman–Crippen MR) is 251 cm³/mol. The third-order valence-electron chi connectivity index (χ3n) is 11.7. The Morgan fingerprint density at radius 2 is 1.10 bits per heavy atom. The number of rotatable bonds is 8. The second-order valence-electron chi connectivity index (χ2n) is 18.8. The first-order valence-electron chi connectivity index (χ1n) is 21.2. The fraction of sp³-hybridized carbons (Fsp3) is 0.255. The van der Waals surface area contributed by atoms with Crippen molar-refractivity contribution in [1.82, 2.24) is 19.5 Å². The van der Waals surface area contributed by atoms with Gasteiger partial charge in [-0.3, -0.25) is 9.55 Å². The Morgan fingerprint density at radius 1 is 0.517 bits per heavy atom. The molecule has 0 unspecified atom stereocenters. The van der Waals surface area contributed by atoms with Crippen LogP contribution in [0, 0.1) is 0 Å². The van der Waals surface area contributed by atoms with Crippen LogP contribution in [-0.2, 0) is 10.8 Å². The third kappa shape index (κ3) is 7.65. The molecule has 8 aromatic rings. The molecule has 0 amide bonds. The van der Waals surface area contributed by atoms with Gasteiger partial charge in [0.15, 0.2) is 11.5 Å². The van der Waals surface area contributed by atoms with Crippen molar-refractivity contribution >= 4 is 11.2 Å². The number of imidazole rings is 1. The molecule has 0 saturated heterocycles. The van der Waals surface area contributed by atoms with Crippen LogP contribution < -0.4 is 0 Å². The van der Waals surface area contributed by atoms with Gasteiger partial charge in [0.1, 0.15) is 11.3 Å². The van der Waals surface area contributed by atoms with Crippen molar-refractivity contribution in [3.8, 4) is 67.5 Å². The monoisotopic (exact) mass is 788 g/mol. The molecule has 5 aromatic carbocycles. The minimum Gasteiger partial charge on any atom is -0.507 e. The topological polar surface area (TPSA) is 63.8 Å². The molecule has 0 radical (unpaired) electrons. The van der Waals surface area contributed by atoms with E-state index < -0.39 is 0 Å². The van der Waals surface area contributed by atoms with Crippen molar-refractivity contribution in [2.24, 2.45) is 0 Å². The summed E-state index contributed by atoms with van der Waals surface area (Å²) in [6, 6.07) is 45.0. The molecule has 3 aromatic heterocycles. The highest BCUT2D eigenvalue weighted by Gasteiger charge is 2.30. The number of aromatic hydroxyl groups is 1. The number of hydrogen-bond donors (Lipinski definition) is 1. The van der Waals surface area contributed by atoms with E-state index in [-0.39, 0.29) is 28.4 Å². The lowest BCUT2D eigenvalue weighted by atomic mass is 9.79. The van der Waals surface area contributed by atoms with Crippen LogP contribution in [0.5, 0.6) is 5.75 Å². The number of fused-ring (bicyclic) bond motifs is 1. The standard InChI is InChI=1S/C55H56N4O/c1-34(2)43-20-15-21-44(35(3)4)50(43)59-52(46-32-42(54(5,6)7)33-47(51(46)60)55(8,9)10)58-49-45(27-29-57-53(49)59)40-18-14-19-41(30-40)48-31-39(26-28-56-48)38-24-22-37(23-25-38)36-16-12-11-13-17-36/h11-35,60H,1-10H3. The largest absolute Gasteiger partial charge is 0.507 e. The van der Waals surface area contributed by atoms with Gasteiger partial charge in [0, 0.05) is 29.1 Å². The second kappa shape index (κ2) is 15.7. The van der Waals surface area contributed by atoms with Crippen LogP contribution in [-0.4, -0.2) is 24.6 Å². The van der Waals surface area contributed by atoms with Gasteiger partial charge in [-0.25, -0.2) is 9.97 Å². The van der Waals surface area contributed by atoms with Crippen molar-refractivity contribution < 1.29 is 5.11 Å². The van der Waals surface area contributed by atoms with Crippen LogP contribution in [0.3, 0.4) is 0 Å². The molecule has 8 rings (SSSR count). The summed E-state index contributed by atoms with van der Waals surface area (Å²) in [7, 11) is 0. The second-order valence-corrected chi connectivity index (χ2v) is 18.8. The SMILES string of the molecule is CC(C)c1cccc(C(C)C)c1-n1c(-c2cc(C(C)(C)C)cc(C(C)(C)C)c2O)nc2c(-c3cccc(-c4cc(-c5ccc(-c6ccccc6)cc5)ccn4)c3)ccnc21. The summed E-state index contributed by atoms with van der Waals surface area (Å²) >= 11 is 0. The average Bonchev–Trinajstić information content (AvgIpc) is 3.62. The van der Waals surface area contributed by atoms with Crippen molar-refractivity contribution in [3.63, 3.8) is 0 Å². The zero-order valence-electron chi connectivity index (χ0n) is 36.7. The van der Waals surface area contributed by atoms with Crippen LogP contribution >= 0.6 is 0 Å². The summed E-state index contributed by atoms with van der Waals surface area (Å²) in [6.07, 6.45) is 3.78. The fourth-order valence-corrected chi connectivity index (χ4v) is 8.28. The molecule has 0 atom stereocenters.